The highest BCUT2D eigenvalue weighted by Crippen LogP contribution is 2.30. The maximum Gasteiger partial charge on any atom is 0.255 e. The molecule has 1 N–H and O–H groups in total. The molecule has 0 atom stereocenters. The number of rotatable bonds is 5. The number of carbonyl (C=O) groups is 1. The van der Waals surface area contributed by atoms with Gasteiger partial charge < -0.3 is 19.3 Å². The zero-order chi connectivity index (χ0) is 14.5. The smallest absolute Gasteiger partial charge is 0.255 e. The number of nitrogens with zero attached hydrogens (tertiary/aromatic N) is 2. The third-order valence-corrected chi connectivity index (χ3v) is 2.62. The molecule has 2 rings (SSSR count). The standard InChI is InChI=1S/C13H15N3O4/c1-8-15-11(16-20-8)7-14-13(17)9-5-4-6-10(18-2)12(9)19-3/h4-6H,7H2,1-3H3,(H,14,17). The number of benzene rings is 1. The van der Waals surface area contributed by atoms with E-state index < -0.39 is 0 Å². The van der Waals surface area contributed by atoms with E-state index in [0.29, 0.717) is 28.8 Å². The van der Waals surface area contributed by atoms with Crippen LogP contribution in [0.1, 0.15) is 22.1 Å². The first-order valence-electron chi connectivity index (χ1n) is 5.94. The molecule has 0 saturated carbocycles. The molecule has 106 valence electrons. The lowest BCUT2D eigenvalue weighted by atomic mass is 10.1. The van der Waals surface area contributed by atoms with Crippen LogP contribution in [0.25, 0.3) is 0 Å². The van der Waals surface area contributed by atoms with Gasteiger partial charge in [-0.3, -0.25) is 4.79 Å². The zero-order valence-corrected chi connectivity index (χ0v) is 11.5. The van der Waals surface area contributed by atoms with Crippen molar-refractivity contribution in [3.8, 4) is 11.5 Å². The van der Waals surface area contributed by atoms with Gasteiger partial charge >= 0.3 is 0 Å². The summed E-state index contributed by atoms with van der Waals surface area (Å²) in [7, 11) is 3.00. The van der Waals surface area contributed by atoms with Gasteiger partial charge in [-0.2, -0.15) is 4.98 Å². The van der Waals surface area contributed by atoms with Crippen LogP contribution >= 0.6 is 0 Å². The first-order chi connectivity index (χ1) is 9.65. The highest BCUT2D eigenvalue weighted by molar-refractivity contribution is 5.97. The summed E-state index contributed by atoms with van der Waals surface area (Å²) < 4.78 is 15.2. The fraction of sp³-hybridized carbons (Fsp3) is 0.308. The van der Waals surface area contributed by atoms with Gasteiger partial charge in [-0.15, -0.1) is 0 Å². The van der Waals surface area contributed by atoms with E-state index in [9.17, 15) is 4.79 Å². The number of methoxy groups -OCH3 is 2. The number of carbonyl (C=O) groups excluding carboxylic acids is 1. The van der Waals surface area contributed by atoms with Crippen LogP contribution < -0.4 is 14.8 Å². The lowest BCUT2D eigenvalue weighted by Crippen LogP contribution is -2.24. The Labute approximate surface area is 115 Å². The number of aromatic nitrogens is 2. The predicted octanol–water partition coefficient (Wildman–Crippen LogP) is 1.33. The topological polar surface area (TPSA) is 86.5 Å². The molecule has 7 heteroatoms. The normalized spacial score (nSPS) is 10.2. The van der Waals surface area contributed by atoms with Crippen LogP contribution in [0.4, 0.5) is 0 Å². The zero-order valence-electron chi connectivity index (χ0n) is 11.5. The first kappa shape index (κ1) is 13.9. The average molecular weight is 277 g/mol. The Morgan fingerprint density at radius 3 is 2.75 bits per heavy atom. The molecule has 0 radical (unpaired) electrons. The summed E-state index contributed by atoms with van der Waals surface area (Å²) in [5, 5.41) is 6.40. The van der Waals surface area contributed by atoms with Crippen LogP contribution in [-0.2, 0) is 6.54 Å². The molecule has 1 amide bonds. The van der Waals surface area contributed by atoms with Crippen molar-refractivity contribution in [2.75, 3.05) is 14.2 Å². The molecule has 0 bridgehead atoms. The van der Waals surface area contributed by atoms with Gasteiger partial charge in [0.1, 0.15) is 0 Å². The van der Waals surface area contributed by atoms with Crippen molar-refractivity contribution in [3.63, 3.8) is 0 Å². The summed E-state index contributed by atoms with van der Waals surface area (Å²) in [5.41, 5.74) is 0.382. The molecule has 1 aromatic heterocycles. The Kier molecular flexibility index (Phi) is 4.19. The van der Waals surface area contributed by atoms with Crippen molar-refractivity contribution < 1.29 is 18.8 Å². The van der Waals surface area contributed by atoms with Crippen LogP contribution in [0.15, 0.2) is 22.7 Å². The van der Waals surface area contributed by atoms with Crippen molar-refractivity contribution in [3.05, 3.63) is 35.5 Å². The van der Waals surface area contributed by atoms with Crippen molar-refractivity contribution >= 4 is 5.91 Å². The molecule has 20 heavy (non-hydrogen) atoms. The van der Waals surface area contributed by atoms with E-state index in [0.717, 1.165) is 0 Å². The molecule has 0 aliphatic heterocycles. The number of aryl methyl sites for hydroxylation is 1. The molecule has 0 aliphatic rings. The minimum Gasteiger partial charge on any atom is -0.493 e. The van der Waals surface area contributed by atoms with Crippen molar-refractivity contribution in [2.24, 2.45) is 0 Å². The van der Waals surface area contributed by atoms with E-state index in [1.54, 1.807) is 25.1 Å². The third-order valence-electron chi connectivity index (χ3n) is 2.62. The van der Waals surface area contributed by atoms with Gasteiger partial charge in [-0.1, -0.05) is 11.2 Å². The fourth-order valence-corrected chi connectivity index (χ4v) is 1.73. The molecule has 7 nitrogen and oxygen atoms in total. The van der Waals surface area contributed by atoms with Crippen LogP contribution in [-0.4, -0.2) is 30.3 Å². The summed E-state index contributed by atoms with van der Waals surface area (Å²) in [6.45, 7) is 1.86. The molecule has 2 aromatic rings. The monoisotopic (exact) mass is 277 g/mol. The minimum atomic E-state index is -0.303. The summed E-state index contributed by atoms with van der Waals surface area (Å²) in [6.07, 6.45) is 0. The van der Waals surface area contributed by atoms with Crippen LogP contribution in [0.2, 0.25) is 0 Å². The minimum absolute atomic E-state index is 0.177. The Morgan fingerprint density at radius 2 is 2.15 bits per heavy atom. The number of amides is 1. The highest BCUT2D eigenvalue weighted by atomic mass is 16.5. The molecule has 0 aliphatic carbocycles. The van der Waals surface area contributed by atoms with Crippen LogP contribution in [0.5, 0.6) is 11.5 Å². The lowest BCUT2D eigenvalue weighted by molar-refractivity contribution is 0.0946. The predicted molar refractivity (Wildman–Crippen MR) is 69.8 cm³/mol. The van der Waals surface area contributed by atoms with E-state index in [2.05, 4.69) is 15.5 Å². The average Bonchev–Trinajstić information content (AvgIpc) is 2.89. The molecule has 0 saturated heterocycles. The number of hydrogen-bond donors (Lipinski definition) is 1. The Hall–Kier alpha value is -2.57. The maximum absolute atomic E-state index is 12.1. The number of ether oxygens (including phenoxy) is 2. The van der Waals surface area contributed by atoms with E-state index in [1.165, 1.54) is 14.2 Å². The van der Waals surface area contributed by atoms with Crippen molar-refractivity contribution in [2.45, 2.75) is 13.5 Å². The summed E-state index contributed by atoms with van der Waals surface area (Å²) in [4.78, 5) is 16.1. The maximum atomic E-state index is 12.1. The summed E-state index contributed by atoms with van der Waals surface area (Å²) in [5.74, 6) is 1.45. The van der Waals surface area contributed by atoms with E-state index >= 15 is 0 Å². The van der Waals surface area contributed by atoms with Gasteiger partial charge in [-0.05, 0) is 12.1 Å². The van der Waals surface area contributed by atoms with Crippen molar-refractivity contribution in [1.29, 1.82) is 0 Å². The Morgan fingerprint density at radius 1 is 1.35 bits per heavy atom. The number of para-hydroxylation sites is 1. The van der Waals surface area contributed by atoms with E-state index in [1.807, 2.05) is 0 Å². The SMILES string of the molecule is COc1cccc(C(=O)NCc2noc(C)n2)c1OC. The quantitative estimate of drug-likeness (QED) is 0.887. The summed E-state index contributed by atoms with van der Waals surface area (Å²) >= 11 is 0. The largest absolute Gasteiger partial charge is 0.493 e. The van der Waals surface area contributed by atoms with Gasteiger partial charge in [0, 0.05) is 6.92 Å². The van der Waals surface area contributed by atoms with Crippen LogP contribution in [0, 0.1) is 6.92 Å². The second-order valence-electron chi connectivity index (χ2n) is 3.95. The van der Waals surface area contributed by atoms with Gasteiger partial charge in [0.2, 0.25) is 5.89 Å². The lowest BCUT2D eigenvalue weighted by Gasteiger charge is -2.11. The summed E-state index contributed by atoms with van der Waals surface area (Å²) in [6, 6.07) is 5.09. The molecule has 0 fully saturated rings. The van der Waals surface area contributed by atoms with Gasteiger partial charge in [0.15, 0.2) is 17.3 Å². The van der Waals surface area contributed by atoms with Crippen molar-refractivity contribution in [1.82, 2.24) is 15.5 Å². The van der Waals surface area contributed by atoms with Gasteiger partial charge in [0.25, 0.3) is 5.91 Å². The number of hydrogen-bond acceptors (Lipinski definition) is 6. The van der Waals surface area contributed by atoms with Gasteiger partial charge in [-0.25, -0.2) is 0 Å². The van der Waals surface area contributed by atoms with E-state index in [-0.39, 0.29) is 12.5 Å². The molecule has 0 unspecified atom stereocenters. The number of nitrogens with one attached hydrogen (secondary N) is 1. The van der Waals surface area contributed by atoms with E-state index in [4.69, 9.17) is 14.0 Å². The molecule has 0 spiro atoms. The van der Waals surface area contributed by atoms with Crippen LogP contribution in [0.3, 0.4) is 0 Å². The molecule has 1 heterocycles. The molecular weight excluding hydrogens is 262 g/mol. The molecule has 1 aromatic carbocycles. The molecular formula is C13H15N3O4. The second kappa shape index (κ2) is 6.05. The Bertz CT molecular complexity index is 609. The fourth-order valence-electron chi connectivity index (χ4n) is 1.73. The highest BCUT2D eigenvalue weighted by Gasteiger charge is 2.16. The Balaban J connectivity index is 2.12. The van der Waals surface area contributed by atoms with Gasteiger partial charge in [0.05, 0.1) is 26.3 Å². The first-order valence-corrected chi connectivity index (χ1v) is 5.94. The third kappa shape index (κ3) is 2.87. The second-order valence-corrected chi connectivity index (χ2v) is 3.95.